The van der Waals surface area contributed by atoms with Gasteiger partial charge in [0.25, 0.3) is 0 Å². The molecule has 0 saturated heterocycles. The van der Waals surface area contributed by atoms with Crippen LogP contribution in [0.5, 0.6) is 0 Å². The topological polar surface area (TPSA) is 143 Å². The maximum absolute atomic E-state index is 13.3. The number of hydrogen-bond donors (Lipinski definition) is 4. The number of ether oxygens (including phenoxy) is 2. The minimum Gasteiger partial charge on any atom is -0.454 e. The highest BCUT2D eigenvalue weighted by Gasteiger charge is 2.28. The normalized spacial score (nSPS) is 13.1. The minimum absolute atomic E-state index is 0.0266. The molecule has 0 radical (unpaired) electrons. The second-order valence-electron chi connectivity index (χ2n) is 10.9. The molecule has 3 aromatic rings. The molecule has 10 nitrogen and oxygen atoms in total. The first-order valence-corrected chi connectivity index (χ1v) is 15.5. The van der Waals surface area contributed by atoms with E-state index in [0.29, 0.717) is 12.0 Å². The van der Waals surface area contributed by atoms with E-state index in [-0.39, 0.29) is 44.9 Å². The van der Waals surface area contributed by atoms with Gasteiger partial charge in [0.15, 0.2) is 0 Å². The number of amides is 3. The van der Waals surface area contributed by atoms with Crippen molar-refractivity contribution in [1.82, 2.24) is 16.0 Å². The Kier molecular flexibility index (Phi) is 15.4. The molecule has 0 spiro atoms. The van der Waals surface area contributed by atoms with Crippen molar-refractivity contribution in [2.75, 3.05) is 13.2 Å². The predicted octanol–water partition coefficient (Wildman–Crippen LogP) is 4.56. The maximum Gasteiger partial charge on any atom is 0.408 e. The summed E-state index contributed by atoms with van der Waals surface area (Å²) in [4.78, 5) is 51.9. The van der Waals surface area contributed by atoms with Crippen LogP contribution in [-0.4, -0.2) is 54.2 Å². The van der Waals surface area contributed by atoms with Gasteiger partial charge in [-0.2, -0.15) is 0 Å². The van der Waals surface area contributed by atoms with E-state index in [9.17, 15) is 24.3 Å². The summed E-state index contributed by atoms with van der Waals surface area (Å²) in [5.41, 5.74) is 2.37. The van der Waals surface area contributed by atoms with Gasteiger partial charge in [-0.1, -0.05) is 103 Å². The standard InChI is InChI=1S/C37H43N3O7/c1-3-14-30(23-34(42)39-31(25-41)22-27-16-8-5-9-17-27)35(43)38-24-33(29-20-12-7-13-21-29)47-36(44)32(15-4-2)40-37(45)46-26-28-18-10-6-11-19-28/h3-13,16-21,30-33,41H,1-2,14-15,22-26H2,(H,38,43)(H,39,42)(H,40,45)/t30-,31+,32+,33+/m0/s1. The van der Waals surface area contributed by atoms with E-state index in [2.05, 4.69) is 29.1 Å². The lowest BCUT2D eigenvalue weighted by Gasteiger charge is -2.24. The molecule has 47 heavy (non-hydrogen) atoms. The van der Waals surface area contributed by atoms with E-state index in [4.69, 9.17) is 9.47 Å². The molecule has 0 unspecified atom stereocenters. The van der Waals surface area contributed by atoms with Gasteiger partial charge in [-0.25, -0.2) is 9.59 Å². The van der Waals surface area contributed by atoms with Gasteiger partial charge >= 0.3 is 12.1 Å². The number of allylic oxidation sites excluding steroid dienone is 1. The van der Waals surface area contributed by atoms with Gasteiger partial charge in [-0.05, 0) is 36.0 Å². The lowest BCUT2D eigenvalue weighted by atomic mass is 9.98. The Balaban J connectivity index is 1.61. The Morgan fingerprint density at radius 3 is 1.98 bits per heavy atom. The fourth-order valence-corrected chi connectivity index (χ4v) is 4.80. The van der Waals surface area contributed by atoms with Gasteiger partial charge < -0.3 is 30.5 Å². The Labute approximate surface area is 275 Å². The number of hydrogen-bond acceptors (Lipinski definition) is 7. The van der Waals surface area contributed by atoms with E-state index in [1.54, 1.807) is 30.3 Å². The van der Waals surface area contributed by atoms with Crippen molar-refractivity contribution < 1.29 is 33.8 Å². The number of carbonyl (C=O) groups excluding carboxylic acids is 4. The van der Waals surface area contributed by atoms with Gasteiger partial charge in [0, 0.05) is 6.42 Å². The number of nitrogens with one attached hydrogen (secondary N) is 3. The quantitative estimate of drug-likeness (QED) is 0.111. The van der Waals surface area contributed by atoms with Crippen LogP contribution in [0.15, 0.2) is 116 Å². The second-order valence-corrected chi connectivity index (χ2v) is 10.9. The summed E-state index contributed by atoms with van der Waals surface area (Å²) in [5, 5.41) is 18.0. The summed E-state index contributed by atoms with van der Waals surface area (Å²) < 4.78 is 11.1. The van der Waals surface area contributed by atoms with Gasteiger partial charge in [0.2, 0.25) is 11.8 Å². The van der Waals surface area contributed by atoms with Crippen molar-refractivity contribution in [1.29, 1.82) is 0 Å². The molecule has 0 aromatic heterocycles. The number of aliphatic hydroxyl groups excluding tert-OH is 1. The van der Waals surface area contributed by atoms with Crippen LogP contribution in [0.25, 0.3) is 0 Å². The summed E-state index contributed by atoms with van der Waals surface area (Å²) in [6.07, 6.45) is 1.98. The largest absolute Gasteiger partial charge is 0.454 e. The van der Waals surface area contributed by atoms with E-state index in [0.717, 1.165) is 11.1 Å². The molecular formula is C37H43N3O7. The number of alkyl carbamates (subject to hydrolysis) is 1. The molecule has 3 aromatic carbocycles. The molecule has 0 heterocycles. The molecule has 0 aliphatic carbocycles. The van der Waals surface area contributed by atoms with Gasteiger partial charge in [0.05, 0.1) is 25.1 Å². The average Bonchev–Trinajstić information content (AvgIpc) is 3.09. The average molecular weight is 642 g/mol. The Morgan fingerprint density at radius 2 is 1.38 bits per heavy atom. The van der Waals surface area contributed by atoms with Crippen LogP contribution in [-0.2, 0) is 36.9 Å². The van der Waals surface area contributed by atoms with E-state index in [1.165, 1.54) is 6.08 Å². The molecule has 3 rings (SSSR count). The molecule has 0 aliphatic heterocycles. The molecule has 0 bridgehead atoms. The number of esters is 1. The third-order valence-electron chi connectivity index (χ3n) is 7.25. The third kappa shape index (κ3) is 13.0. The molecule has 248 valence electrons. The van der Waals surface area contributed by atoms with Crippen LogP contribution in [0, 0.1) is 5.92 Å². The first-order valence-electron chi connectivity index (χ1n) is 15.5. The van der Waals surface area contributed by atoms with Crippen LogP contribution >= 0.6 is 0 Å². The number of rotatable bonds is 19. The monoisotopic (exact) mass is 641 g/mol. The van der Waals surface area contributed by atoms with Crippen molar-refractivity contribution >= 4 is 23.9 Å². The predicted molar refractivity (Wildman–Crippen MR) is 179 cm³/mol. The zero-order valence-corrected chi connectivity index (χ0v) is 26.4. The Morgan fingerprint density at radius 1 is 0.787 bits per heavy atom. The Bertz CT molecular complexity index is 1430. The summed E-state index contributed by atoms with van der Waals surface area (Å²) >= 11 is 0. The molecular weight excluding hydrogens is 598 g/mol. The highest BCUT2D eigenvalue weighted by Crippen LogP contribution is 2.19. The van der Waals surface area contributed by atoms with Crippen LogP contribution in [0.4, 0.5) is 4.79 Å². The zero-order chi connectivity index (χ0) is 33.9. The number of carbonyl (C=O) groups is 4. The molecule has 4 atom stereocenters. The Hall–Kier alpha value is -5.22. The molecule has 4 N–H and O–H groups in total. The van der Waals surface area contributed by atoms with Crippen molar-refractivity contribution in [3.63, 3.8) is 0 Å². The summed E-state index contributed by atoms with van der Waals surface area (Å²) in [6, 6.07) is 25.9. The highest BCUT2D eigenvalue weighted by molar-refractivity contribution is 5.86. The highest BCUT2D eigenvalue weighted by atomic mass is 16.6. The lowest BCUT2D eigenvalue weighted by Crippen LogP contribution is -2.44. The summed E-state index contributed by atoms with van der Waals surface area (Å²) in [6.45, 7) is 7.08. The summed E-state index contributed by atoms with van der Waals surface area (Å²) in [5.74, 6) is -2.29. The third-order valence-corrected chi connectivity index (χ3v) is 7.25. The van der Waals surface area contributed by atoms with Crippen LogP contribution in [0.1, 0.15) is 42.1 Å². The number of benzene rings is 3. The minimum atomic E-state index is -1.08. The van der Waals surface area contributed by atoms with Crippen LogP contribution in [0.2, 0.25) is 0 Å². The van der Waals surface area contributed by atoms with Gasteiger partial charge in [0.1, 0.15) is 18.8 Å². The van der Waals surface area contributed by atoms with Crippen molar-refractivity contribution in [3.05, 3.63) is 133 Å². The summed E-state index contributed by atoms with van der Waals surface area (Å²) in [7, 11) is 0. The van der Waals surface area contributed by atoms with E-state index < -0.39 is 42.1 Å². The molecule has 10 heteroatoms. The van der Waals surface area contributed by atoms with Crippen molar-refractivity contribution in [2.24, 2.45) is 5.92 Å². The molecule has 3 amide bonds. The molecule has 0 aliphatic rings. The molecule has 0 fully saturated rings. The first-order chi connectivity index (χ1) is 22.8. The van der Waals surface area contributed by atoms with Crippen LogP contribution in [0.3, 0.4) is 0 Å². The van der Waals surface area contributed by atoms with Crippen molar-refractivity contribution in [3.8, 4) is 0 Å². The fourth-order valence-electron chi connectivity index (χ4n) is 4.80. The fraction of sp³-hybridized carbons (Fsp3) is 0.297. The van der Waals surface area contributed by atoms with E-state index >= 15 is 0 Å². The van der Waals surface area contributed by atoms with Crippen molar-refractivity contribution in [2.45, 2.75) is 50.5 Å². The smallest absolute Gasteiger partial charge is 0.408 e. The maximum atomic E-state index is 13.3. The SMILES string of the molecule is C=CC[C@@H](CC(=O)N[C@@H](CO)Cc1ccccc1)C(=O)NC[C@@H](OC(=O)[C@@H](CC=C)NC(=O)OCc1ccccc1)c1ccccc1. The van der Waals surface area contributed by atoms with Gasteiger partial charge in [-0.15, -0.1) is 13.2 Å². The lowest BCUT2D eigenvalue weighted by molar-refractivity contribution is -0.152. The van der Waals surface area contributed by atoms with Gasteiger partial charge in [-0.3, -0.25) is 9.59 Å². The zero-order valence-electron chi connectivity index (χ0n) is 26.4. The first kappa shape index (κ1) is 36.3. The molecule has 0 saturated carbocycles. The van der Waals surface area contributed by atoms with E-state index in [1.807, 2.05) is 66.7 Å². The van der Waals surface area contributed by atoms with Crippen LogP contribution < -0.4 is 16.0 Å². The second kappa shape index (κ2) is 20.0. The number of aliphatic hydroxyl groups is 1.